The van der Waals surface area contributed by atoms with Crippen LogP contribution in [0.1, 0.15) is 15.9 Å². The van der Waals surface area contributed by atoms with Gasteiger partial charge in [-0.3, -0.25) is 0 Å². The third-order valence-corrected chi connectivity index (χ3v) is 4.02. The maximum Gasteiger partial charge on any atom is 0.335 e. The molecule has 0 atom stereocenters. The smallest absolute Gasteiger partial charge is 0.335 e. The van der Waals surface area contributed by atoms with E-state index in [1.54, 1.807) is 18.2 Å². The fraction of sp³-hybridized carbons (Fsp3) is 0. The van der Waals surface area contributed by atoms with E-state index in [1.807, 2.05) is 36.4 Å². The molecule has 0 unspecified atom stereocenters. The number of fused-ring (bicyclic) bond motifs is 3. The summed E-state index contributed by atoms with van der Waals surface area (Å²) in [5.74, 6) is 0.0148. The van der Waals surface area contributed by atoms with Gasteiger partial charge in [-0.1, -0.05) is 36.9 Å². The summed E-state index contributed by atoms with van der Waals surface area (Å²) < 4.78 is 11.6. The summed E-state index contributed by atoms with van der Waals surface area (Å²) in [7, 11) is 0. The van der Waals surface area contributed by atoms with Gasteiger partial charge in [-0.05, 0) is 36.4 Å². The topological polar surface area (TPSA) is 59.7 Å². The minimum atomic E-state index is -0.985. The van der Waals surface area contributed by atoms with E-state index in [1.165, 1.54) is 12.1 Å². The normalized spacial score (nSPS) is 10.9. The molecule has 3 aromatic carbocycles. The summed E-state index contributed by atoms with van der Waals surface area (Å²) in [6.45, 7) is 3.91. The van der Waals surface area contributed by atoms with Crippen LogP contribution in [-0.2, 0) is 0 Å². The van der Waals surface area contributed by atoms with Crippen LogP contribution in [-0.4, -0.2) is 11.1 Å². The fourth-order valence-electron chi connectivity index (χ4n) is 2.80. The van der Waals surface area contributed by atoms with Crippen LogP contribution in [0.5, 0.6) is 5.75 Å². The van der Waals surface area contributed by atoms with Gasteiger partial charge in [0, 0.05) is 16.3 Å². The third kappa shape index (κ3) is 2.74. The van der Waals surface area contributed by atoms with Gasteiger partial charge in [0.05, 0.1) is 5.56 Å². The monoisotopic (exact) mass is 330 g/mol. The first-order chi connectivity index (χ1) is 12.1. The molecular formula is C21H14O4. The highest BCUT2D eigenvalue weighted by Crippen LogP contribution is 2.32. The summed E-state index contributed by atoms with van der Waals surface area (Å²) in [5.41, 5.74) is 2.42. The average molecular weight is 330 g/mol. The third-order valence-electron chi connectivity index (χ3n) is 4.02. The molecule has 0 bridgehead atoms. The molecule has 4 aromatic rings. The maximum atomic E-state index is 11.1. The van der Waals surface area contributed by atoms with Gasteiger partial charge in [0.25, 0.3) is 0 Å². The predicted molar refractivity (Wildman–Crippen MR) is 96.8 cm³/mol. The van der Waals surface area contributed by atoms with Gasteiger partial charge in [-0.15, -0.1) is 0 Å². The number of carbonyl (C=O) groups is 1. The van der Waals surface area contributed by atoms with E-state index in [0.717, 1.165) is 21.9 Å². The second kappa shape index (κ2) is 5.83. The van der Waals surface area contributed by atoms with Gasteiger partial charge in [0.1, 0.15) is 22.7 Å². The van der Waals surface area contributed by atoms with E-state index < -0.39 is 5.97 Å². The number of rotatable bonds is 4. The molecule has 1 N–H and O–H groups in total. The number of benzene rings is 3. The molecule has 0 radical (unpaired) electrons. The van der Waals surface area contributed by atoms with Gasteiger partial charge in [-0.25, -0.2) is 4.79 Å². The van der Waals surface area contributed by atoms with E-state index in [0.29, 0.717) is 17.1 Å². The first-order valence-electron chi connectivity index (χ1n) is 7.73. The van der Waals surface area contributed by atoms with Gasteiger partial charge in [0.2, 0.25) is 0 Å². The molecule has 122 valence electrons. The quantitative estimate of drug-likeness (QED) is 0.514. The Hall–Kier alpha value is -3.53. The van der Waals surface area contributed by atoms with E-state index in [-0.39, 0.29) is 5.56 Å². The Labute approximate surface area is 143 Å². The number of aromatic carboxylic acids is 1. The molecule has 0 amide bonds. The molecule has 4 rings (SSSR count). The molecule has 4 nitrogen and oxygen atoms in total. The number of furan rings is 1. The largest absolute Gasteiger partial charge is 0.478 e. The fourth-order valence-corrected chi connectivity index (χ4v) is 2.80. The van der Waals surface area contributed by atoms with Crippen molar-refractivity contribution in [2.75, 3.05) is 0 Å². The van der Waals surface area contributed by atoms with Crippen molar-refractivity contribution in [2.45, 2.75) is 0 Å². The zero-order chi connectivity index (χ0) is 17.4. The van der Waals surface area contributed by atoms with E-state index >= 15 is 0 Å². The van der Waals surface area contributed by atoms with Gasteiger partial charge >= 0.3 is 5.97 Å². The summed E-state index contributed by atoms with van der Waals surface area (Å²) >= 11 is 0. The Morgan fingerprint density at radius 3 is 2.48 bits per heavy atom. The molecule has 0 fully saturated rings. The van der Waals surface area contributed by atoms with Crippen molar-refractivity contribution in [3.63, 3.8) is 0 Å². The summed E-state index contributed by atoms with van der Waals surface area (Å²) in [5, 5.41) is 11.1. The number of carboxylic acids is 1. The molecular weight excluding hydrogens is 316 g/mol. The van der Waals surface area contributed by atoms with Crippen LogP contribution in [0.25, 0.3) is 27.7 Å². The Balaban J connectivity index is 1.68. The van der Waals surface area contributed by atoms with Crippen molar-refractivity contribution in [1.29, 1.82) is 0 Å². The number of hydrogen-bond acceptors (Lipinski definition) is 3. The molecule has 4 heteroatoms. The minimum Gasteiger partial charge on any atom is -0.478 e. The Morgan fingerprint density at radius 2 is 1.64 bits per heavy atom. The van der Waals surface area contributed by atoms with Crippen LogP contribution in [0, 0.1) is 0 Å². The Morgan fingerprint density at radius 1 is 0.880 bits per heavy atom. The first-order valence-corrected chi connectivity index (χ1v) is 7.73. The molecule has 25 heavy (non-hydrogen) atoms. The summed E-state index contributed by atoms with van der Waals surface area (Å²) in [4.78, 5) is 11.1. The summed E-state index contributed by atoms with van der Waals surface area (Å²) in [6.07, 6.45) is 0. The molecule has 0 saturated carbocycles. The summed E-state index contributed by atoms with van der Waals surface area (Å²) in [6, 6.07) is 19.9. The van der Waals surface area contributed by atoms with Crippen LogP contribution in [0.4, 0.5) is 0 Å². The highest BCUT2D eigenvalue weighted by molar-refractivity contribution is 6.05. The van der Waals surface area contributed by atoms with Crippen molar-refractivity contribution >= 4 is 33.7 Å². The first kappa shape index (κ1) is 15.0. The van der Waals surface area contributed by atoms with E-state index in [4.69, 9.17) is 14.3 Å². The lowest BCUT2D eigenvalue weighted by Gasteiger charge is -2.09. The standard InChI is InChI=1S/C21H14O4/c1-13(14-5-4-6-15(11-14)21(22)23)24-16-9-10-20-18(12-16)17-7-2-3-8-19(17)25-20/h2-12H,1H2,(H,22,23). The maximum absolute atomic E-state index is 11.1. The van der Waals surface area contributed by atoms with Gasteiger partial charge in [-0.2, -0.15) is 0 Å². The lowest BCUT2D eigenvalue weighted by atomic mass is 10.1. The lowest BCUT2D eigenvalue weighted by Crippen LogP contribution is -1.99. The number of ether oxygens (including phenoxy) is 1. The number of carboxylic acid groups (broad SMARTS) is 1. The van der Waals surface area contributed by atoms with Crippen molar-refractivity contribution in [3.8, 4) is 5.75 Å². The van der Waals surface area contributed by atoms with E-state index in [2.05, 4.69) is 6.58 Å². The average Bonchev–Trinajstić information content (AvgIpc) is 3.00. The van der Waals surface area contributed by atoms with Crippen molar-refractivity contribution in [2.24, 2.45) is 0 Å². The van der Waals surface area contributed by atoms with Crippen LogP contribution in [0.15, 0.2) is 77.7 Å². The van der Waals surface area contributed by atoms with Crippen LogP contribution >= 0.6 is 0 Å². The van der Waals surface area contributed by atoms with Crippen molar-refractivity contribution in [1.82, 2.24) is 0 Å². The van der Waals surface area contributed by atoms with E-state index in [9.17, 15) is 4.79 Å². The molecule has 1 heterocycles. The van der Waals surface area contributed by atoms with Crippen molar-refractivity contribution in [3.05, 3.63) is 84.4 Å². The minimum absolute atomic E-state index is 0.193. The molecule has 0 aliphatic carbocycles. The van der Waals surface area contributed by atoms with Gasteiger partial charge < -0.3 is 14.3 Å². The predicted octanol–water partition coefficient (Wildman–Crippen LogP) is 5.33. The second-order valence-corrected chi connectivity index (χ2v) is 5.67. The van der Waals surface area contributed by atoms with Crippen molar-refractivity contribution < 1.29 is 19.1 Å². The molecule has 0 spiro atoms. The lowest BCUT2D eigenvalue weighted by molar-refractivity contribution is 0.0697. The Bertz CT molecular complexity index is 1120. The Kier molecular flexibility index (Phi) is 3.51. The molecule has 0 aliphatic heterocycles. The van der Waals surface area contributed by atoms with Crippen LogP contribution in [0.2, 0.25) is 0 Å². The number of hydrogen-bond donors (Lipinski definition) is 1. The van der Waals surface area contributed by atoms with Gasteiger partial charge in [0.15, 0.2) is 0 Å². The zero-order valence-electron chi connectivity index (χ0n) is 13.2. The highest BCUT2D eigenvalue weighted by Gasteiger charge is 2.10. The molecule has 0 saturated heterocycles. The molecule has 1 aromatic heterocycles. The van der Waals surface area contributed by atoms with Crippen LogP contribution < -0.4 is 4.74 Å². The molecule has 0 aliphatic rings. The zero-order valence-corrected chi connectivity index (χ0v) is 13.2. The SMILES string of the molecule is C=C(Oc1ccc2oc3ccccc3c2c1)c1cccc(C(=O)O)c1. The number of para-hydroxylation sites is 1. The van der Waals surface area contributed by atoms with Crippen LogP contribution in [0.3, 0.4) is 0 Å². The highest BCUT2D eigenvalue weighted by atomic mass is 16.5. The second-order valence-electron chi connectivity index (χ2n) is 5.67.